The SMILES string of the molecule is COC(=O)C[C@H](c1coc2ccc(OC)cc2c1=O)c1c(O)nc2ccccn2c1=O. The van der Waals surface area contributed by atoms with Gasteiger partial charge in [-0.05, 0) is 30.3 Å². The topological polar surface area (TPSA) is 120 Å². The van der Waals surface area contributed by atoms with E-state index in [9.17, 15) is 19.5 Å². The molecule has 0 spiro atoms. The molecule has 0 amide bonds. The number of aromatic nitrogens is 2. The molecule has 1 atom stereocenters. The van der Waals surface area contributed by atoms with Crippen LogP contribution in [0.3, 0.4) is 0 Å². The van der Waals surface area contributed by atoms with Gasteiger partial charge < -0.3 is 19.0 Å². The van der Waals surface area contributed by atoms with E-state index in [1.165, 1.54) is 37.1 Å². The van der Waals surface area contributed by atoms with Gasteiger partial charge in [-0.3, -0.25) is 18.8 Å². The first-order chi connectivity index (χ1) is 14.9. The van der Waals surface area contributed by atoms with Crippen molar-refractivity contribution in [2.45, 2.75) is 12.3 Å². The van der Waals surface area contributed by atoms with Gasteiger partial charge in [0.05, 0.1) is 37.9 Å². The predicted octanol–water partition coefficient (Wildman–Crippen LogP) is 2.21. The van der Waals surface area contributed by atoms with Crippen LogP contribution in [0.1, 0.15) is 23.5 Å². The van der Waals surface area contributed by atoms with Crippen LogP contribution in [-0.4, -0.2) is 34.7 Å². The maximum Gasteiger partial charge on any atom is 0.306 e. The van der Waals surface area contributed by atoms with Crippen molar-refractivity contribution in [2.75, 3.05) is 14.2 Å². The van der Waals surface area contributed by atoms with Crippen LogP contribution in [-0.2, 0) is 9.53 Å². The summed E-state index contributed by atoms with van der Waals surface area (Å²) in [5, 5.41) is 10.8. The van der Waals surface area contributed by atoms with Crippen molar-refractivity contribution in [2.24, 2.45) is 0 Å². The van der Waals surface area contributed by atoms with Crippen LogP contribution in [0.25, 0.3) is 16.6 Å². The molecule has 0 aliphatic carbocycles. The quantitative estimate of drug-likeness (QED) is 0.486. The molecule has 1 aromatic carbocycles. The molecule has 4 rings (SSSR count). The summed E-state index contributed by atoms with van der Waals surface area (Å²) in [5.41, 5.74) is -0.738. The van der Waals surface area contributed by atoms with Crippen LogP contribution in [0.15, 0.2) is 62.9 Å². The number of benzene rings is 1. The lowest BCUT2D eigenvalue weighted by molar-refractivity contribution is -0.140. The van der Waals surface area contributed by atoms with Crippen molar-refractivity contribution in [3.05, 3.63) is 80.6 Å². The fraction of sp³-hybridized carbons (Fsp3) is 0.182. The molecular weight excluding hydrogens is 404 g/mol. The number of carbonyl (C=O) groups is 1. The number of nitrogens with zero attached hydrogens (tertiary/aromatic N) is 2. The smallest absolute Gasteiger partial charge is 0.306 e. The molecular formula is C22H18N2O7. The second-order valence-electron chi connectivity index (χ2n) is 6.80. The minimum absolute atomic E-state index is 0.0104. The molecule has 1 N–H and O–H groups in total. The number of ether oxygens (including phenoxy) is 2. The molecule has 0 radical (unpaired) electrons. The van der Waals surface area contributed by atoms with E-state index in [0.29, 0.717) is 11.3 Å². The molecule has 9 heteroatoms. The van der Waals surface area contributed by atoms with E-state index >= 15 is 0 Å². The van der Waals surface area contributed by atoms with Gasteiger partial charge in [-0.15, -0.1) is 0 Å². The number of hydrogen-bond acceptors (Lipinski definition) is 8. The van der Waals surface area contributed by atoms with E-state index in [1.807, 2.05) is 0 Å². The Kier molecular flexibility index (Phi) is 5.16. The Morgan fingerprint density at radius 2 is 2.03 bits per heavy atom. The van der Waals surface area contributed by atoms with E-state index in [4.69, 9.17) is 13.9 Å². The van der Waals surface area contributed by atoms with Crippen molar-refractivity contribution >= 4 is 22.6 Å². The summed E-state index contributed by atoms with van der Waals surface area (Å²) in [6, 6.07) is 9.57. The van der Waals surface area contributed by atoms with Crippen molar-refractivity contribution < 1.29 is 23.8 Å². The lowest BCUT2D eigenvalue weighted by Crippen LogP contribution is -2.27. The summed E-state index contributed by atoms with van der Waals surface area (Å²) >= 11 is 0. The lowest BCUT2D eigenvalue weighted by Gasteiger charge is -2.17. The molecule has 0 bridgehead atoms. The summed E-state index contributed by atoms with van der Waals surface area (Å²) < 4.78 is 16.7. The van der Waals surface area contributed by atoms with Crippen LogP contribution in [0.4, 0.5) is 0 Å². The van der Waals surface area contributed by atoms with E-state index in [0.717, 1.165) is 0 Å². The highest BCUT2D eigenvalue weighted by Crippen LogP contribution is 2.31. The summed E-state index contributed by atoms with van der Waals surface area (Å²) in [7, 11) is 2.66. The second kappa shape index (κ2) is 7.94. The van der Waals surface area contributed by atoms with Gasteiger partial charge in [0, 0.05) is 17.7 Å². The van der Waals surface area contributed by atoms with Crippen molar-refractivity contribution in [1.82, 2.24) is 9.38 Å². The van der Waals surface area contributed by atoms with Gasteiger partial charge in [-0.25, -0.2) is 0 Å². The predicted molar refractivity (Wildman–Crippen MR) is 111 cm³/mol. The van der Waals surface area contributed by atoms with E-state index in [1.54, 1.807) is 30.3 Å². The number of esters is 1. The average Bonchev–Trinajstić information content (AvgIpc) is 2.78. The fourth-order valence-electron chi connectivity index (χ4n) is 3.51. The molecule has 0 fully saturated rings. The molecule has 9 nitrogen and oxygen atoms in total. The number of pyridine rings is 1. The van der Waals surface area contributed by atoms with Gasteiger partial charge in [0.15, 0.2) is 5.43 Å². The minimum Gasteiger partial charge on any atom is -0.497 e. The van der Waals surface area contributed by atoms with E-state index in [2.05, 4.69) is 4.98 Å². The fourth-order valence-corrected chi connectivity index (χ4v) is 3.51. The van der Waals surface area contributed by atoms with E-state index < -0.39 is 28.8 Å². The summed E-state index contributed by atoms with van der Waals surface area (Å²) in [6.07, 6.45) is 2.29. The lowest BCUT2D eigenvalue weighted by atomic mass is 9.89. The normalized spacial score (nSPS) is 12.1. The number of fused-ring (bicyclic) bond motifs is 2. The van der Waals surface area contributed by atoms with Crippen LogP contribution in [0, 0.1) is 0 Å². The average molecular weight is 422 g/mol. The molecule has 4 aromatic rings. The Balaban J connectivity index is 2.00. The molecule has 0 aliphatic heterocycles. The minimum atomic E-state index is -1.14. The molecule has 0 unspecified atom stereocenters. The van der Waals surface area contributed by atoms with Gasteiger partial charge in [0.1, 0.15) is 17.0 Å². The first-order valence-electron chi connectivity index (χ1n) is 9.31. The highest BCUT2D eigenvalue weighted by Gasteiger charge is 2.30. The molecule has 0 aliphatic rings. The van der Waals surface area contributed by atoms with Gasteiger partial charge in [-0.1, -0.05) is 6.07 Å². The Morgan fingerprint density at radius 3 is 2.77 bits per heavy atom. The van der Waals surface area contributed by atoms with Crippen LogP contribution < -0.4 is 15.7 Å². The van der Waals surface area contributed by atoms with Gasteiger partial charge >= 0.3 is 5.97 Å². The van der Waals surface area contributed by atoms with Gasteiger partial charge in [-0.2, -0.15) is 4.98 Å². The van der Waals surface area contributed by atoms with Gasteiger partial charge in [0.2, 0.25) is 5.88 Å². The summed E-state index contributed by atoms with van der Waals surface area (Å²) in [4.78, 5) is 42.6. The number of carbonyl (C=O) groups excluding carboxylic acids is 1. The van der Waals surface area contributed by atoms with Crippen molar-refractivity contribution in [3.63, 3.8) is 0 Å². The highest BCUT2D eigenvalue weighted by molar-refractivity contribution is 5.79. The molecule has 31 heavy (non-hydrogen) atoms. The van der Waals surface area contributed by atoms with Crippen LogP contribution in [0.2, 0.25) is 0 Å². The molecule has 158 valence electrons. The zero-order valence-electron chi connectivity index (χ0n) is 16.7. The first kappa shape index (κ1) is 20.1. The Morgan fingerprint density at radius 1 is 1.23 bits per heavy atom. The summed E-state index contributed by atoms with van der Waals surface area (Å²) in [6.45, 7) is 0. The summed E-state index contributed by atoms with van der Waals surface area (Å²) in [5.74, 6) is -1.95. The Labute approximate surface area is 175 Å². The van der Waals surface area contributed by atoms with Crippen molar-refractivity contribution in [3.8, 4) is 11.6 Å². The molecule has 0 saturated carbocycles. The third-order valence-corrected chi connectivity index (χ3v) is 5.08. The Hall–Kier alpha value is -4.14. The number of aromatic hydroxyl groups is 1. The second-order valence-corrected chi connectivity index (χ2v) is 6.80. The van der Waals surface area contributed by atoms with E-state index in [-0.39, 0.29) is 28.6 Å². The number of rotatable bonds is 5. The first-order valence-corrected chi connectivity index (χ1v) is 9.31. The third-order valence-electron chi connectivity index (χ3n) is 5.08. The maximum absolute atomic E-state index is 13.3. The van der Waals surface area contributed by atoms with Gasteiger partial charge in [0.25, 0.3) is 5.56 Å². The van der Waals surface area contributed by atoms with Crippen LogP contribution >= 0.6 is 0 Å². The third kappa shape index (κ3) is 3.50. The Bertz CT molecular complexity index is 1420. The monoisotopic (exact) mass is 422 g/mol. The highest BCUT2D eigenvalue weighted by atomic mass is 16.5. The maximum atomic E-state index is 13.3. The number of hydrogen-bond donors (Lipinski definition) is 1. The zero-order valence-corrected chi connectivity index (χ0v) is 16.7. The number of methoxy groups -OCH3 is 2. The standard InChI is InChI=1S/C22H18N2O7/c1-29-12-6-7-16-14(9-12)20(26)15(11-31-16)13(10-18(25)30-2)19-21(27)23-17-5-3-4-8-24(17)22(19)28/h3-9,11,13,27H,10H2,1-2H3/t13-/m1/s1. The van der Waals surface area contributed by atoms with Crippen molar-refractivity contribution in [1.29, 1.82) is 0 Å². The largest absolute Gasteiger partial charge is 0.497 e. The molecule has 3 heterocycles. The van der Waals surface area contributed by atoms with Crippen LogP contribution in [0.5, 0.6) is 11.6 Å². The molecule has 0 saturated heterocycles. The zero-order chi connectivity index (χ0) is 22.1. The molecule has 3 aromatic heterocycles.